The largest absolute Gasteiger partial charge is 0.383 e. The van der Waals surface area contributed by atoms with Crippen molar-refractivity contribution < 1.29 is 14.4 Å². The molecule has 1 aromatic rings. The van der Waals surface area contributed by atoms with E-state index in [9.17, 15) is 14.4 Å². The molecule has 3 rings (SSSR count). The highest BCUT2D eigenvalue weighted by Gasteiger charge is 2.28. The van der Waals surface area contributed by atoms with Gasteiger partial charge in [-0.2, -0.15) is 0 Å². The van der Waals surface area contributed by atoms with Gasteiger partial charge in [-0.25, -0.2) is 4.98 Å². The van der Waals surface area contributed by atoms with Crippen LogP contribution in [0.3, 0.4) is 0 Å². The Morgan fingerprint density at radius 2 is 1.96 bits per heavy atom. The number of amides is 3. The van der Waals surface area contributed by atoms with E-state index in [4.69, 9.17) is 0 Å². The van der Waals surface area contributed by atoms with Gasteiger partial charge in [0.1, 0.15) is 11.7 Å². The summed E-state index contributed by atoms with van der Waals surface area (Å²) in [5.41, 5.74) is 1.07. The zero-order valence-corrected chi connectivity index (χ0v) is 15.9. The molecule has 2 aliphatic heterocycles. The molecule has 3 heterocycles. The first kappa shape index (κ1) is 20.2. The summed E-state index contributed by atoms with van der Waals surface area (Å²) in [5.74, 6) is -0.455. The normalized spacial score (nSPS) is 20.5. The molecule has 0 aliphatic carbocycles. The van der Waals surface area contributed by atoms with E-state index in [2.05, 4.69) is 31.6 Å². The van der Waals surface area contributed by atoms with Gasteiger partial charge >= 0.3 is 0 Å². The fourth-order valence-corrected chi connectivity index (χ4v) is 3.38. The number of pyridine rings is 1. The highest BCUT2D eigenvalue weighted by molar-refractivity contribution is 6.03. The molecule has 9 heteroatoms. The van der Waals surface area contributed by atoms with Crippen LogP contribution in [-0.4, -0.2) is 61.5 Å². The average molecular weight is 388 g/mol. The highest BCUT2D eigenvalue weighted by Crippen LogP contribution is 2.10. The smallest absolute Gasteiger partial charge is 0.270 e. The monoisotopic (exact) mass is 388 g/mol. The van der Waals surface area contributed by atoms with Crippen LogP contribution >= 0.6 is 0 Å². The van der Waals surface area contributed by atoms with Crippen LogP contribution in [0.5, 0.6) is 0 Å². The summed E-state index contributed by atoms with van der Waals surface area (Å²) in [5, 5.41) is 14.9. The second kappa shape index (κ2) is 10.1. The van der Waals surface area contributed by atoms with Gasteiger partial charge in [0.05, 0.1) is 11.9 Å². The second-order valence-corrected chi connectivity index (χ2v) is 7.23. The number of carbonyl (C=O) groups is 3. The Morgan fingerprint density at radius 3 is 2.68 bits per heavy atom. The van der Waals surface area contributed by atoms with Crippen LogP contribution in [-0.2, 0) is 9.59 Å². The number of anilines is 1. The molecule has 2 aliphatic rings. The Morgan fingerprint density at radius 1 is 1.14 bits per heavy atom. The molecule has 1 unspecified atom stereocenters. The summed E-state index contributed by atoms with van der Waals surface area (Å²) < 4.78 is 0. The third-order valence-electron chi connectivity index (χ3n) is 5.06. The minimum absolute atomic E-state index is 0.221. The summed E-state index contributed by atoms with van der Waals surface area (Å²) >= 11 is 0. The van der Waals surface area contributed by atoms with Crippen molar-refractivity contribution in [3.63, 3.8) is 0 Å². The minimum atomic E-state index is -0.698. The van der Waals surface area contributed by atoms with Gasteiger partial charge in [0.25, 0.3) is 5.91 Å². The SMILES string of the molecule is O=C1CCC(NC(=O)c2ccc(NCCNCC3CCNCC3)cn2)C(=O)N1. The number of rotatable bonds is 8. The van der Waals surface area contributed by atoms with Crippen LogP contribution in [0.25, 0.3) is 0 Å². The number of piperidine rings is 2. The van der Waals surface area contributed by atoms with Gasteiger partial charge in [-0.1, -0.05) is 0 Å². The van der Waals surface area contributed by atoms with Gasteiger partial charge in [-0.3, -0.25) is 19.7 Å². The zero-order valence-electron chi connectivity index (χ0n) is 15.9. The van der Waals surface area contributed by atoms with E-state index in [1.807, 2.05) is 0 Å². The summed E-state index contributed by atoms with van der Waals surface area (Å²) in [7, 11) is 0. The topological polar surface area (TPSA) is 124 Å². The number of nitrogens with one attached hydrogen (secondary N) is 5. The molecule has 1 atom stereocenters. The van der Waals surface area contributed by atoms with Crippen molar-refractivity contribution in [1.82, 2.24) is 26.3 Å². The molecule has 152 valence electrons. The lowest BCUT2D eigenvalue weighted by atomic mass is 9.98. The van der Waals surface area contributed by atoms with E-state index >= 15 is 0 Å². The molecule has 0 aromatic carbocycles. The Kier molecular flexibility index (Phi) is 7.32. The summed E-state index contributed by atoms with van der Waals surface area (Å²) in [6, 6.07) is 2.71. The number of imide groups is 1. The number of hydrogen-bond acceptors (Lipinski definition) is 7. The first-order valence-corrected chi connectivity index (χ1v) is 9.88. The fourth-order valence-electron chi connectivity index (χ4n) is 3.38. The third-order valence-corrected chi connectivity index (χ3v) is 5.06. The molecular formula is C19H28N6O3. The number of aromatic nitrogens is 1. The standard InChI is InChI=1S/C19H28N6O3/c26-17-4-3-16(19(28)25-17)24-18(27)15-2-1-14(12-23-15)22-10-9-21-11-13-5-7-20-8-6-13/h1-2,12-13,16,20-22H,3-11H2,(H,24,27)(H,25,26,28). The molecule has 2 fully saturated rings. The molecule has 0 bridgehead atoms. The maximum atomic E-state index is 12.2. The van der Waals surface area contributed by atoms with Gasteiger partial charge < -0.3 is 21.3 Å². The lowest BCUT2D eigenvalue weighted by Gasteiger charge is -2.22. The van der Waals surface area contributed by atoms with E-state index in [1.165, 1.54) is 12.8 Å². The van der Waals surface area contributed by atoms with E-state index in [0.29, 0.717) is 6.42 Å². The van der Waals surface area contributed by atoms with E-state index < -0.39 is 17.9 Å². The Labute approximate surface area is 164 Å². The Hall–Kier alpha value is -2.52. The van der Waals surface area contributed by atoms with E-state index in [-0.39, 0.29) is 18.0 Å². The van der Waals surface area contributed by atoms with Crippen molar-refractivity contribution in [2.45, 2.75) is 31.7 Å². The van der Waals surface area contributed by atoms with E-state index in [0.717, 1.165) is 44.3 Å². The molecular weight excluding hydrogens is 360 g/mol. The number of nitrogens with zero attached hydrogens (tertiary/aromatic N) is 1. The molecule has 2 saturated heterocycles. The van der Waals surface area contributed by atoms with Crippen LogP contribution < -0.4 is 26.6 Å². The first-order chi connectivity index (χ1) is 13.6. The molecule has 1 aromatic heterocycles. The summed E-state index contributed by atoms with van der Waals surface area (Å²) in [4.78, 5) is 39.2. The third kappa shape index (κ3) is 6.00. The van der Waals surface area contributed by atoms with Crippen LogP contribution in [0.2, 0.25) is 0 Å². The first-order valence-electron chi connectivity index (χ1n) is 9.88. The van der Waals surface area contributed by atoms with Gasteiger partial charge in [-0.05, 0) is 56.9 Å². The van der Waals surface area contributed by atoms with Gasteiger partial charge in [0, 0.05) is 19.5 Å². The lowest BCUT2D eigenvalue weighted by Crippen LogP contribution is -2.52. The molecule has 0 radical (unpaired) electrons. The molecule has 28 heavy (non-hydrogen) atoms. The Balaban J connectivity index is 1.36. The number of hydrogen-bond donors (Lipinski definition) is 5. The van der Waals surface area contributed by atoms with Gasteiger partial charge in [0.15, 0.2) is 0 Å². The van der Waals surface area contributed by atoms with Crippen molar-refractivity contribution in [2.24, 2.45) is 5.92 Å². The van der Waals surface area contributed by atoms with Crippen LogP contribution in [0, 0.1) is 5.92 Å². The van der Waals surface area contributed by atoms with Crippen LogP contribution in [0.4, 0.5) is 5.69 Å². The molecule has 3 amide bonds. The summed E-state index contributed by atoms with van der Waals surface area (Å²) in [6.45, 7) is 4.90. The lowest BCUT2D eigenvalue weighted by molar-refractivity contribution is -0.134. The predicted molar refractivity (Wildman–Crippen MR) is 105 cm³/mol. The van der Waals surface area contributed by atoms with Gasteiger partial charge in [-0.15, -0.1) is 0 Å². The quantitative estimate of drug-likeness (QED) is 0.304. The minimum Gasteiger partial charge on any atom is -0.383 e. The maximum absolute atomic E-state index is 12.2. The molecule has 9 nitrogen and oxygen atoms in total. The van der Waals surface area contributed by atoms with Crippen molar-refractivity contribution in [1.29, 1.82) is 0 Å². The zero-order chi connectivity index (χ0) is 19.8. The average Bonchev–Trinajstić information content (AvgIpc) is 2.71. The fraction of sp³-hybridized carbons (Fsp3) is 0.579. The second-order valence-electron chi connectivity index (χ2n) is 7.23. The highest BCUT2D eigenvalue weighted by atomic mass is 16.2. The summed E-state index contributed by atoms with van der Waals surface area (Å²) in [6.07, 6.45) is 4.59. The van der Waals surface area contributed by atoms with Crippen molar-refractivity contribution >= 4 is 23.4 Å². The van der Waals surface area contributed by atoms with Crippen molar-refractivity contribution in [3.05, 3.63) is 24.0 Å². The van der Waals surface area contributed by atoms with Crippen molar-refractivity contribution in [2.75, 3.05) is 38.0 Å². The molecule has 0 spiro atoms. The van der Waals surface area contributed by atoms with Crippen LogP contribution in [0.1, 0.15) is 36.2 Å². The molecule has 5 N–H and O–H groups in total. The Bertz CT molecular complexity index is 687. The number of carbonyl (C=O) groups excluding carboxylic acids is 3. The van der Waals surface area contributed by atoms with Gasteiger partial charge in [0.2, 0.25) is 11.8 Å². The molecule has 0 saturated carbocycles. The van der Waals surface area contributed by atoms with Crippen LogP contribution in [0.15, 0.2) is 18.3 Å². The maximum Gasteiger partial charge on any atom is 0.270 e. The predicted octanol–water partition coefficient (Wildman–Crippen LogP) is -0.382. The van der Waals surface area contributed by atoms with E-state index in [1.54, 1.807) is 18.3 Å². The van der Waals surface area contributed by atoms with Crippen molar-refractivity contribution in [3.8, 4) is 0 Å².